The van der Waals surface area contributed by atoms with E-state index in [4.69, 9.17) is 0 Å². The Kier molecular flexibility index (Phi) is 18.3. The van der Waals surface area contributed by atoms with Crippen molar-refractivity contribution in [2.45, 2.75) is 96.4 Å². The highest BCUT2D eigenvalue weighted by Crippen LogP contribution is 2.13. The van der Waals surface area contributed by atoms with Crippen molar-refractivity contribution < 1.29 is 0 Å². The van der Waals surface area contributed by atoms with E-state index in [0.29, 0.717) is 0 Å². The van der Waals surface area contributed by atoms with Gasteiger partial charge in [-0.25, -0.2) is 0 Å². The monoisotopic (exact) mass is 510 g/mol. The van der Waals surface area contributed by atoms with Crippen LogP contribution in [0.25, 0.3) is 0 Å². The van der Waals surface area contributed by atoms with Gasteiger partial charge in [-0.05, 0) is 13.0 Å². The van der Waals surface area contributed by atoms with Gasteiger partial charge in [0.05, 0.1) is 5.54 Å². The fraction of sp³-hybridized carbons (Fsp3) is 1.00. The Morgan fingerprint density at radius 3 is 1.19 bits per heavy atom. The third-order valence-corrected chi connectivity index (χ3v) is 8.01. The van der Waals surface area contributed by atoms with Crippen molar-refractivity contribution in [3.63, 3.8) is 0 Å². The number of hydrogen-bond donors (Lipinski definition) is 7. The van der Waals surface area contributed by atoms with Crippen LogP contribution in [0.5, 0.6) is 0 Å². The molecule has 0 aromatic rings. The Labute approximate surface area is 224 Å². The molecule has 3 aliphatic rings. The van der Waals surface area contributed by atoms with Crippen molar-refractivity contribution in [2.24, 2.45) is 5.41 Å². The third-order valence-electron chi connectivity index (χ3n) is 8.01. The molecule has 214 valence electrons. The second-order valence-electron chi connectivity index (χ2n) is 12.0. The van der Waals surface area contributed by atoms with Crippen LogP contribution >= 0.6 is 0 Å². The van der Waals surface area contributed by atoms with Crippen LogP contribution in [0.3, 0.4) is 0 Å². The first kappa shape index (κ1) is 31.9. The van der Waals surface area contributed by atoms with Crippen molar-refractivity contribution in [1.29, 1.82) is 0 Å². The van der Waals surface area contributed by atoms with E-state index in [1.807, 2.05) is 0 Å². The van der Waals surface area contributed by atoms with Crippen molar-refractivity contribution in [3.8, 4) is 0 Å². The molecule has 0 spiro atoms. The second-order valence-corrected chi connectivity index (χ2v) is 12.0. The van der Waals surface area contributed by atoms with E-state index in [1.165, 1.54) is 77.0 Å². The van der Waals surface area contributed by atoms with E-state index in [-0.39, 0.29) is 11.0 Å². The smallest absolute Gasteiger partial charge is 0.0558 e. The predicted octanol–water partition coefficient (Wildman–Crippen LogP) is 2.59. The minimum Gasteiger partial charge on any atom is -0.315 e. The molecule has 3 aliphatic heterocycles. The van der Waals surface area contributed by atoms with Crippen molar-refractivity contribution in [1.82, 2.24) is 37.2 Å². The first-order valence-electron chi connectivity index (χ1n) is 15.7. The molecule has 3 saturated heterocycles. The molecule has 0 unspecified atom stereocenters. The van der Waals surface area contributed by atoms with Gasteiger partial charge in [-0.3, -0.25) is 0 Å². The summed E-state index contributed by atoms with van der Waals surface area (Å²) in [7, 11) is 0. The maximum atomic E-state index is 3.99. The minimum absolute atomic E-state index is 0.0422. The van der Waals surface area contributed by atoms with Gasteiger partial charge in [0.25, 0.3) is 0 Å². The van der Waals surface area contributed by atoms with Crippen LogP contribution in [-0.4, -0.2) is 90.6 Å². The third kappa shape index (κ3) is 15.2. The van der Waals surface area contributed by atoms with E-state index in [0.717, 1.165) is 85.1 Å². The largest absolute Gasteiger partial charge is 0.315 e. The van der Waals surface area contributed by atoms with Crippen LogP contribution in [-0.2, 0) is 0 Å². The van der Waals surface area contributed by atoms with Crippen molar-refractivity contribution in [2.75, 3.05) is 85.1 Å². The molecule has 7 heteroatoms. The van der Waals surface area contributed by atoms with Crippen LogP contribution in [0, 0.1) is 5.41 Å². The quantitative estimate of drug-likeness (QED) is 0.181. The molecule has 0 radical (unpaired) electrons. The zero-order chi connectivity index (χ0) is 25.6. The van der Waals surface area contributed by atoms with Gasteiger partial charge in [0.1, 0.15) is 0 Å². The summed E-state index contributed by atoms with van der Waals surface area (Å²) >= 11 is 0. The topological polar surface area (TPSA) is 84.2 Å². The van der Waals surface area contributed by atoms with Crippen molar-refractivity contribution >= 4 is 0 Å². The molecule has 0 aliphatic carbocycles. The fourth-order valence-electron chi connectivity index (χ4n) is 5.57. The van der Waals surface area contributed by atoms with E-state index in [9.17, 15) is 0 Å². The minimum atomic E-state index is 0.0422. The lowest BCUT2D eigenvalue weighted by atomic mass is 9.90. The molecule has 0 aromatic carbocycles. The lowest BCUT2D eigenvalue weighted by Crippen LogP contribution is -2.65. The lowest BCUT2D eigenvalue weighted by Gasteiger charge is -2.38. The Balaban J connectivity index is 1.71. The van der Waals surface area contributed by atoms with Crippen LogP contribution in [0.15, 0.2) is 0 Å². The molecule has 36 heavy (non-hydrogen) atoms. The maximum Gasteiger partial charge on any atom is 0.0558 e. The number of hydrogen-bond acceptors (Lipinski definition) is 7. The molecule has 7 N–H and O–H groups in total. The highest BCUT2D eigenvalue weighted by atomic mass is 15.1. The van der Waals surface area contributed by atoms with Crippen molar-refractivity contribution in [3.05, 3.63) is 0 Å². The zero-order valence-corrected chi connectivity index (χ0v) is 24.2. The van der Waals surface area contributed by atoms with Crippen LogP contribution in [0.2, 0.25) is 0 Å². The summed E-state index contributed by atoms with van der Waals surface area (Å²) in [5.41, 5.74) is 0.272. The molecule has 2 bridgehead atoms. The standard InChI is InChI=1S/C29H63N7/c1-3-4-5-6-7-8-9-10-11-12-13-14-15-36-29-25-33-19-16-30-22-28(2,23-31-17-20-34-26-29)24-32-18-21-35-27-29/h30-36H,3-27H2,1-2H3. The normalized spacial score (nSPS) is 27.5. The lowest BCUT2D eigenvalue weighted by molar-refractivity contribution is 0.250. The summed E-state index contributed by atoms with van der Waals surface area (Å²) < 4.78 is 0. The second kappa shape index (κ2) is 20.7. The van der Waals surface area contributed by atoms with E-state index < -0.39 is 0 Å². The van der Waals surface area contributed by atoms with Gasteiger partial charge in [-0.15, -0.1) is 0 Å². The maximum absolute atomic E-state index is 3.99. The highest BCUT2D eigenvalue weighted by molar-refractivity contribution is 4.95. The summed E-state index contributed by atoms with van der Waals surface area (Å²) in [5.74, 6) is 0. The average molecular weight is 510 g/mol. The van der Waals surface area contributed by atoms with Gasteiger partial charge in [0, 0.05) is 84.0 Å². The van der Waals surface area contributed by atoms with Crippen LogP contribution in [0.4, 0.5) is 0 Å². The first-order valence-corrected chi connectivity index (χ1v) is 15.7. The van der Waals surface area contributed by atoms with E-state index >= 15 is 0 Å². The summed E-state index contributed by atoms with van der Waals surface area (Å²) in [4.78, 5) is 0. The Morgan fingerprint density at radius 1 is 0.472 bits per heavy atom. The average Bonchev–Trinajstić information content (AvgIpc) is 2.87. The number of rotatable bonds is 14. The molecule has 0 aromatic heterocycles. The molecular weight excluding hydrogens is 446 g/mol. The molecule has 3 heterocycles. The van der Waals surface area contributed by atoms with Gasteiger partial charge >= 0.3 is 0 Å². The summed E-state index contributed by atoms with van der Waals surface area (Å²) in [6.45, 7) is 18.0. The summed E-state index contributed by atoms with van der Waals surface area (Å²) in [5, 5.41) is 26.4. The number of unbranched alkanes of at least 4 members (excludes halogenated alkanes) is 11. The van der Waals surface area contributed by atoms with Gasteiger partial charge < -0.3 is 37.2 Å². The van der Waals surface area contributed by atoms with Gasteiger partial charge in [-0.1, -0.05) is 84.5 Å². The summed E-state index contributed by atoms with van der Waals surface area (Å²) in [6, 6.07) is 0. The number of nitrogens with one attached hydrogen (secondary N) is 7. The number of fused-ring (bicyclic) bond motifs is 15. The van der Waals surface area contributed by atoms with Gasteiger partial charge in [-0.2, -0.15) is 0 Å². The molecule has 0 atom stereocenters. The molecule has 7 nitrogen and oxygen atoms in total. The molecule has 0 amide bonds. The van der Waals surface area contributed by atoms with E-state index in [2.05, 4.69) is 51.1 Å². The molecular formula is C29H63N7. The SMILES string of the molecule is CCCCCCCCCCCCCCNC12CNCCNCC(C)(CNCCNC1)CNCCNC2. The van der Waals surface area contributed by atoms with Crippen LogP contribution < -0.4 is 37.2 Å². The van der Waals surface area contributed by atoms with Crippen LogP contribution in [0.1, 0.15) is 90.9 Å². The first-order chi connectivity index (χ1) is 17.7. The molecule has 3 rings (SSSR count). The zero-order valence-electron chi connectivity index (χ0n) is 24.2. The van der Waals surface area contributed by atoms with E-state index in [1.54, 1.807) is 0 Å². The van der Waals surface area contributed by atoms with Gasteiger partial charge in [0.15, 0.2) is 0 Å². The summed E-state index contributed by atoms with van der Waals surface area (Å²) in [6.07, 6.45) is 16.9. The Bertz CT molecular complexity index is 458. The fourth-order valence-corrected chi connectivity index (χ4v) is 5.57. The molecule has 0 saturated carbocycles. The highest BCUT2D eigenvalue weighted by Gasteiger charge is 2.29. The Hall–Kier alpha value is -0.280. The predicted molar refractivity (Wildman–Crippen MR) is 157 cm³/mol. The molecule has 3 fully saturated rings. The Morgan fingerprint density at radius 2 is 0.806 bits per heavy atom. The van der Waals surface area contributed by atoms with Gasteiger partial charge in [0.2, 0.25) is 0 Å².